The Kier molecular flexibility index (Phi) is 13.4. The van der Waals surface area contributed by atoms with E-state index in [1.165, 1.54) is 26.0 Å². The molecule has 2 aromatic rings. The molecule has 0 aromatic heterocycles. The number of benzene rings is 2. The number of nitrogens with two attached hydrogens (primary N) is 1. The number of nitrogens with zero attached hydrogens (tertiary/aromatic N) is 2. The Labute approximate surface area is 346 Å². The first-order valence-corrected chi connectivity index (χ1v) is 21.6. The number of carboxylic acids is 1. The summed E-state index contributed by atoms with van der Waals surface area (Å²) in [6.45, 7) is 12.3. The summed E-state index contributed by atoms with van der Waals surface area (Å²) in [6, 6.07) is 2.05. The van der Waals surface area contributed by atoms with Gasteiger partial charge in [-0.05, 0) is 89.3 Å². The predicted molar refractivity (Wildman–Crippen MR) is 221 cm³/mol. The van der Waals surface area contributed by atoms with Crippen molar-refractivity contribution >= 4 is 74.6 Å². The molecular formula is C38H51N9O10S2. The molecule has 1 fully saturated rings. The van der Waals surface area contributed by atoms with E-state index in [4.69, 9.17) is 10.5 Å². The molecule has 0 spiro atoms. The molecule has 9 N–H and O–H groups in total. The molecule has 0 unspecified atom stereocenters. The minimum absolute atomic E-state index is 0.0122. The zero-order valence-corrected chi connectivity index (χ0v) is 35.5. The number of carboxylic acid groups (broad SMARTS) is 1. The van der Waals surface area contributed by atoms with E-state index >= 15 is 0 Å². The van der Waals surface area contributed by atoms with E-state index in [2.05, 4.69) is 36.3 Å². The molecule has 5 amide bonds. The minimum atomic E-state index is -4.43. The molecule has 19 nitrogen and oxygen atoms in total. The van der Waals surface area contributed by atoms with Crippen LogP contribution in [0.25, 0.3) is 0 Å². The SMILES string of the molecule is CC(=O)NCSC[C@H]1NC(=O)[C@@H](/N=C(\N)NS(=O)(=O)c2c(C)c(C)c3c(c2C)CC(C)(C)O3)NC(=O)[C@H](C)NC(=O)c2cc(N3CCC(C(=O)O)CC3)ccc2NC1=O. The smallest absolute Gasteiger partial charge is 0.306 e. The summed E-state index contributed by atoms with van der Waals surface area (Å²) in [4.78, 5) is 84.1. The first kappa shape index (κ1) is 44.5. The molecule has 21 heteroatoms. The van der Waals surface area contributed by atoms with Gasteiger partial charge in [-0.15, -0.1) is 11.8 Å². The molecule has 5 rings (SSSR count). The van der Waals surface area contributed by atoms with E-state index in [1.54, 1.807) is 26.8 Å². The van der Waals surface area contributed by atoms with Gasteiger partial charge in [-0.2, -0.15) is 0 Å². The summed E-state index contributed by atoms with van der Waals surface area (Å²) in [6.07, 6.45) is -0.662. The van der Waals surface area contributed by atoms with E-state index in [0.29, 0.717) is 60.5 Å². The average Bonchev–Trinajstić information content (AvgIpc) is 3.49. The summed E-state index contributed by atoms with van der Waals surface area (Å²) in [5, 5.41) is 22.2. The summed E-state index contributed by atoms with van der Waals surface area (Å²) in [7, 11) is -4.43. The third-order valence-electron chi connectivity index (χ3n) is 10.4. The van der Waals surface area contributed by atoms with Gasteiger partial charge < -0.3 is 47.1 Å². The number of hydrogen-bond acceptors (Lipinski definition) is 12. The molecule has 0 saturated carbocycles. The second kappa shape index (κ2) is 17.7. The standard InChI is InChI=1S/C38H51N9O10S2/c1-18-19(2)30(20(3)26-15-38(6,7)57-29(18)26)59(55,56)46-37(39)45-31-35(52)43-28(16-58-17-40-22(5)48)34(51)42-27-9-8-24(47-12-10-23(11-13-47)36(53)54)14-25(27)33(50)41-21(4)32(49)44-31/h8-9,14,21,23,28,31H,10-13,15-17H2,1-7H3,(H,40,48)(H,41,50)(H,42,51)(H,43,52)(H,44,49)(H,53,54)(H3,39,45,46)/t21-,28+,31+/m0/s1. The number of thioether (sulfide) groups is 1. The van der Waals surface area contributed by atoms with Crippen molar-refractivity contribution in [2.45, 2.75) is 96.5 Å². The molecule has 3 atom stereocenters. The number of amides is 5. The number of aliphatic imine (C=N–C) groups is 1. The fraction of sp³-hybridized carbons (Fsp3) is 0.500. The Bertz CT molecular complexity index is 2200. The summed E-state index contributed by atoms with van der Waals surface area (Å²) in [5.74, 6) is -5.33. The van der Waals surface area contributed by atoms with Crippen LogP contribution in [0.3, 0.4) is 0 Å². The van der Waals surface area contributed by atoms with E-state index in [1.807, 2.05) is 18.7 Å². The van der Waals surface area contributed by atoms with Crippen molar-refractivity contribution in [2.75, 3.05) is 34.9 Å². The van der Waals surface area contributed by atoms with Crippen LogP contribution in [0, 0.1) is 26.7 Å². The van der Waals surface area contributed by atoms with Gasteiger partial charge in [-0.3, -0.25) is 28.8 Å². The number of anilines is 2. The van der Waals surface area contributed by atoms with Crippen LogP contribution in [-0.2, 0) is 40.4 Å². The molecular weight excluding hydrogens is 807 g/mol. The van der Waals surface area contributed by atoms with Crippen LogP contribution in [0.5, 0.6) is 5.75 Å². The third-order valence-corrected chi connectivity index (χ3v) is 12.9. The lowest BCUT2D eigenvalue weighted by atomic mass is 9.94. The average molecular weight is 858 g/mol. The molecule has 1 saturated heterocycles. The molecule has 0 radical (unpaired) electrons. The van der Waals surface area contributed by atoms with E-state index in [-0.39, 0.29) is 33.7 Å². The molecule has 0 bridgehead atoms. The number of carbonyl (C=O) groups is 6. The monoisotopic (exact) mass is 857 g/mol. The lowest BCUT2D eigenvalue weighted by molar-refractivity contribution is -0.142. The number of rotatable bonds is 9. The first-order valence-electron chi connectivity index (χ1n) is 18.9. The van der Waals surface area contributed by atoms with Crippen molar-refractivity contribution in [2.24, 2.45) is 16.6 Å². The lowest BCUT2D eigenvalue weighted by Crippen LogP contribution is -2.56. The maximum Gasteiger partial charge on any atom is 0.306 e. The van der Waals surface area contributed by atoms with E-state index in [9.17, 15) is 42.3 Å². The largest absolute Gasteiger partial charge is 0.487 e. The number of piperidine rings is 1. The lowest BCUT2D eigenvalue weighted by Gasteiger charge is -2.32. The molecule has 3 aliphatic heterocycles. The second-order valence-electron chi connectivity index (χ2n) is 15.4. The normalized spacial score (nSPS) is 21.5. The Hall–Kier alpha value is -5.57. The van der Waals surface area contributed by atoms with Gasteiger partial charge in [0.1, 0.15) is 23.4 Å². The zero-order chi connectivity index (χ0) is 43.6. The molecule has 3 aliphatic rings. The Balaban J connectivity index is 1.46. The number of fused-ring (bicyclic) bond motifs is 2. The summed E-state index contributed by atoms with van der Waals surface area (Å²) >= 11 is 1.09. The molecule has 0 aliphatic carbocycles. The zero-order valence-electron chi connectivity index (χ0n) is 33.9. The Morgan fingerprint density at radius 1 is 1.02 bits per heavy atom. The van der Waals surface area contributed by atoms with Crippen LogP contribution < -0.4 is 46.7 Å². The quantitative estimate of drug-likeness (QED) is 0.0749. The van der Waals surface area contributed by atoms with Crippen LogP contribution in [0.4, 0.5) is 11.4 Å². The highest BCUT2D eigenvalue weighted by molar-refractivity contribution is 7.99. The van der Waals surface area contributed by atoms with Crippen molar-refractivity contribution in [3.05, 3.63) is 46.0 Å². The van der Waals surface area contributed by atoms with Crippen LogP contribution >= 0.6 is 11.8 Å². The van der Waals surface area contributed by atoms with Gasteiger partial charge in [0.2, 0.25) is 29.8 Å². The number of sulfonamides is 1. The van der Waals surface area contributed by atoms with Gasteiger partial charge in [-0.1, -0.05) is 0 Å². The van der Waals surface area contributed by atoms with Crippen molar-refractivity contribution < 1.29 is 47.0 Å². The van der Waals surface area contributed by atoms with Crippen LogP contribution in [0.15, 0.2) is 28.1 Å². The fourth-order valence-electron chi connectivity index (χ4n) is 7.15. The number of nitrogens with one attached hydrogen (secondary N) is 6. The van der Waals surface area contributed by atoms with Gasteiger partial charge in [0.25, 0.3) is 21.8 Å². The van der Waals surface area contributed by atoms with Crippen molar-refractivity contribution in [3.8, 4) is 5.75 Å². The molecule has 3 heterocycles. The predicted octanol–water partition coefficient (Wildman–Crippen LogP) is 0.744. The molecule has 59 heavy (non-hydrogen) atoms. The van der Waals surface area contributed by atoms with Crippen molar-refractivity contribution in [3.63, 3.8) is 0 Å². The Morgan fingerprint density at radius 2 is 1.69 bits per heavy atom. The summed E-state index contributed by atoms with van der Waals surface area (Å²) < 4.78 is 36.2. The minimum Gasteiger partial charge on any atom is -0.487 e. The number of carbonyl (C=O) groups excluding carboxylic acids is 5. The third kappa shape index (κ3) is 10.4. The van der Waals surface area contributed by atoms with Crippen molar-refractivity contribution in [1.82, 2.24) is 26.0 Å². The van der Waals surface area contributed by atoms with Crippen molar-refractivity contribution in [1.29, 1.82) is 0 Å². The highest BCUT2D eigenvalue weighted by Gasteiger charge is 2.37. The highest BCUT2D eigenvalue weighted by atomic mass is 32.2. The maximum absolute atomic E-state index is 13.9. The van der Waals surface area contributed by atoms with Gasteiger partial charge in [0.15, 0.2) is 0 Å². The van der Waals surface area contributed by atoms with E-state index < -0.39 is 75.3 Å². The highest BCUT2D eigenvalue weighted by Crippen LogP contribution is 2.43. The van der Waals surface area contributed by atoms with Crippen LogP contribution in [0.2, 0.25) is 0 Å². The molecule has 2 aromatic carbocycles. The summed E-state index contributed by atoms with van der Waals surface area (Å²) in [5.41, 5.74) is 8.45. The topological polar surface area (TPSA) is 280 Å². The Morgan fingerprint density at radius 3 is 2.34 bits per heavy atom. The fourth-order valence-corrected chi connectivity index (χ4v) is 9.56. The van der Waals surface area contributed by atoms with Gasteiger partial charge in [0, 0.05) is 43.4 Å². The maximum atomic E-state index is 13.9. The van der Waals surface area contributed by atoms with Gasteiger partial charge in [-0.25, -0.2) is 18.1 Å². The first-order chi connectivity index (χ1) is 27.6. The number of guanidine groups is 1. The molecule has 320 valence electrons. The van der Waals surface area contributed by atoms with Crippen LogP contribution in [-0.4, -0.2) is 104 Å². The van der Waals surface area contributed by atoms with E-state index in [0.717, 1.165) is 17.3 Å². The second-order valence-corrected chi connectivity index (χ2v) is 18.1. The number of ether oxygens (including phenoxy) is 1. The van der Waals surface area contributed by atoms with Crippen LogP contribution in [0.1, 0.15) is 73.1 Å². The number of aliphatic carboxylic acids is 1. The number of hydrogen-bond donors (Lipinski definition) is 8. The van der Waals surface area contributed by atoms with Gasteiger partial charge >= 0.3 is 5.97 Å². The van der Waals surface area contributed by atoms with Gasteiger partial charge in [0.05, 0.1) is 27.9 Å².